The lowest BCUT2D eigenvalue weighted by molar-refractivity contribution is 0.339. The number of halogens is 1. The summed E-state index contributed by atoms with van der Waals surface area (Å²) >= 11 is 8.11. The Kier molecular flexibility index (Phi) is 2.67. The van der Waals surface area contributed by atoms with Crippen molar-refractivity contribution in [2.24, 2.45) is 0 Å². The van der Waals surface area contributed by atoms with Gasteiger partial charge < -0.3 is 4.74 Å². The van der Waals surface area contributed by atoms with Crippen LogP contribution >= 0.6 is 23.4 Å². The Morgan fingerprint density at radius 1 is 1.21 bits per heavy atom. The predicted molar refractivity (Wildman–Crippen MR) is 75.8 cm³/mol. The van der Waals surface area contributed by atoms with E-state index in [9.17, 15) is 0 Å². The Morgan fingerprint density at radius 3 is 3.05 bits per heavy atom. The van der Waals surface area contributed by atoms with E-state index in [-0.39, 0.29) is 5.92 Å². The van der Waals surface area contributed by atoms with Gasteiger partial charge in [-0.05, 0) is 6.07 Å². The maximum atomic E-state index is 6.28. The number of rotatable bonds is 1. The Labute approximate surface area is 120 Å². The van der Waals surface area contributed by atoms with Crippen molar-refractivity contribution >= 4 is 23.4 Å². The van der Waals surface area contributed by atoms with Gasteiger partial charge in [0, 0.05) is 22.6 Å². The third kappa shape index (κ3) is 1.82. The molecule has 2 aliphatic rings. The Morgan fingerprint density at radius 2 is 2.11 bits per heavy atom. The van der Waals surface area contributed by atoms with Crippen LogP contribution in [0.15, 0.2) is 24.3 Å². The van der Waals surface area contributed by atoms with E-state index in [0.29, 0.717) is 11.8 Å². The number of thioether (sulfide) groups is 1. The quantitative estimate of drug-likeness (QED) is 0.754. The van der Waals surface area contributed by atoms with E-state index in [1.54, 1.807) is 0 Å². The fourth-order valence-corrected chi connectivity index (χ4v) is 3.95. The lowest BCUT2D eigenvalue weighted by Crippen LogP contribution is -2.10. The molecule has 0 saturated carbocycles. The molecule has 0 radical (unpaired) electrons. The van der Waals surface area contributed by atoms with Crippen LogP contribution in [0.3, 0.4) is 0 Å². The predicted octanol–water partition coefficient (Wildman–Crippen LogP) is 3.40. The van der Waals surface area contributed by atoms with Crippen LogP contribution in [0.25, 0.3) is 0 Å². The molecule has 4 rings (SSSR count). The molecule has 1 atom stereocenters. The highest BCUT2D eigenvalue weighted by Gasteiger charge is 2.29. The first-order valence-electron chi connectivity index (χ1n) is 6.17. The molecule has 1 unspecified atom stereocenters. The smallest absolute Gasteiger partial charge is 0.141 e. The first kappa shape index (κ1) is 11.6. The Balaban J connectivity index is 1.81. The number of ether oxygens (including phenoxy) is 1. The maximum absolute atomic E-state index is 6.28. The van der Waals surface area contributed by atoms with E-state index in [2.05, 4.69) is 11.1 Å². The van der Waals surface area contributed by atoms with Gasteiger partial charge in [-0.15, -0.1) is 0 Å². The molecule has 1 aromatic carbocycles. The topological polar surface area (TPSA) is 35.0 Å². The van der Waals surface area contributed by atoms with Crippen molar-refractivity contribution in [1.82, 2.24) is 9.97 Å². The van der Waals surface area contributed by atoms with Gasteiger partial charge in [0.15, 0.2) is 0 Å². The molecule has 1 aromatic heterocycles. The molecule has 0 spiro atoms. The summed E-state index contributed by atoms with van der Waals surface area (Å²) in [6.45, 7) is 0.599. The van der Waals surface area contributed by atoms with Crippen molar-refractivity contribution in [3.8, 4) is 5.75 Å². The average Bonchev–Trinajstić information content (AvgIpc) is 3.04. The van der Waals surface area contributed by atoms with E-state index in [0.717, 1.165) is 39.9 Å². The van der Waals surface area contributed by atoms with E-state index in [1.807, 2.05) is 30.0 Å². The number of para-hydroxylation sites is 1. The number of aromatic nitrogens is 2. The number of benzene rings is 1. The van der Waals surface area contributed by atoms with Crippen molar-refractivity contribution in [1.29, 1.82) is 0 Å². The Bertz CT molecular complexity index is 662. The monoisotopic (exact) mass is 290 g/mol. The molecule has 96 valence electrons. The zero-order chi connectivity index (χ0) is 12.8. The van der Waals surface area contributed by atoms with Crippen LogP contribution in [0.1, 0.15) is 28.6 Å². The summed E-state index contributed by atoms with van der Waals surface area (Å²) in [6, 6.07) is 8.06. The van der Waals surface area contributed by atoms with Gasteiger partial charge in [0.25, 0.3) is 0 Å². The molecular weight excluding hydrogens is 280 g/mol. The summed E-state index contributed by atoms with van der Waals surface area (Å²) in [6.07, 6.45) is 0. The second-order valence-electron chi connectivity index (χ2n) is 4.69. The molecule has 5 heteroatoms. The fraction of sp³-hybridized carbons (Fsp3) is 0.286. The third-order valence-electron chi connectivity index (χ3n) is 3.56. The maximum Gasteiger partial charge on any atom is 0.141 e. The minimum absolute atomic E-state index is 0.101. The highest BCUT2D eigenvalue weighted by molar-refractivity contribution is 7.98. The van der Waals surface area contributed by atoms with Gasteiger partial charge in [-0.25, -0.2) is 9.97 Å². The fourth-order valence-electron chi connectivity index (χ4n) is 2.56. The molecule has 19 heavy (non-hydrogen) atoms. The molecule has 0 saturated heterocycles. The van der Waals surface area contributed by atoms with Gasteiger partial charge in [0.2, 0.25) is 0 Å². The molecule has 3 nitrogen and oxygen atoms in total. The van der Waals surface area contributed by atoms with Gasteiger partial charge >= 0.3 is 0 Å². The average molecular weight is 291 g/mol. The zero-order valence-electron chi connectivity index (χ0n) is 10.1. The van der Waals surface area contributed by atoms with Crippen molar-refractivity contribution in [3.05, 3.63) is 52.1 Å². The van der Waals surface area contributed by atoms with Crippen molar-refractivity contribution in [2.75, 3.05) is 6.61 Å². The molecule has 3 heterocycles. The highest BCUT2D eigenvalue weighted by atomic mass is 35.5. The van der Waals surface area contributed by atoms with Gasteiger partial charge in [0.1, 0.15) is 23.3 Å². The molecule has 0 aliphatic carbocycles. The lowest BCUT2D eigenvalue weighted by atomic mass is 10.0. The van der Waals surface area contributed by atoms with E-state index in [1.165, 1.54) is 0 Å². The van der Waals surface area contributed by atoms with Crippen LogP contribution in [-0.4, -0.2) is 16.6 Å². The van der Waals surface area contributed by atoms with Crippen LogP contribution in [0.5, 0.6) is 5.75 Å². The van der Waals surface area contributed by atoms with Gasteiger partial charge in [-0.1, -0.05) is 29.8 Å². The first-order chi connectivity index (χ1) is 9.33. The summed E-state index contributed by atoms with van der Waals surface area (Å²) < 4.78 is 5.70. The third-order valence-corrected chi connectivity index (χ3v) is 4.84. The Hall–Kier alpha value is -1.26. The van der Waals surface area contributed by atoms with Crippen LogP contribution in [0, 0.1) is 0 Å². The lowest BCUT2D eigenvalue weighted by Gasteiger charge is -2.10. The number of hydrogen-bond acceptors (Lipinski definition) is 4. The molecule has 0 bridgehead atoms. The van der Waals surface area contributed by atoms with Gasteiger partial charge in [0.05, 0.1) is 11.6 Å². The van der Waals surface area contributed by atoms with Crippen LogP contribution in [0.4, 0.5) is 0 Å². The molecule has 2 aromatic rings. The molecule has 0 amide bonds. The van der Waals surface area contributed by atoms with Crippen molar-refractivity contribution in [3.63, 3.8) is 0 Å². The normalized spacial score (nSPS) is 19.9. The van der Waals surface area contributed by atoms with Crippen LogP contribution < -0.4 is 4.74 Å². The SMILES string of the molecule is Clc1nc(C2COc3ccccc32)nc2c1CSC2. The molecular formula is C14H11ClN2OS. The minimum Gasteiger partial charge on any atom is -0.492 e. The van der Waals surface area contributed by atoms with Gasteiger partial charge in [-0.2, -0.15) is 11.8 Å². The van der Waals surface area contributed by atoms with E-state index < -0.39 is 0 Å². The number of nitrogens with zero attached hydrogens (tertiary/aromatic N) is 2. The molecule has 2 aliphatic heterocycles. The van der Waals surface area contributed by atoms with Crippen molar-refractivity contribution in [2.45, 2.75) is 17.4 Å². The summed E-state index contributed by atoms with van der Waals surface area (Å²) in [5.74, 6) is 3.68. The van der Waals surface area contributed by atoms with E-state index in [4.69, 9.17) is 21.3 Å². The summed E-state index contributed by atoms with van der Waals surface area (Å²) in [4.78, 5) is 9.19. The zero-order valence-corrected chi connectivity index (χ0v) is 11.7. The highest BCUT2D eigenvalue weighted by Crippen LogP contribution is 2.39. The molecule has 0 fully saturated rings. The summed E-state index contributed by atoms with van der Waals surface area (Å²) in [5.41, 5.74) is 3.34. The second kappa shape index (κ2) is 4.39. The summed E-state index contributed by atoms with van der Waals surface area (Å²) in [7, 11) is 0. The number of hydrogen-bond donors (Lipinski definition) is 0. The molecule has 0 N–H and O–H groups in total. The van der Waals surface area contributed by atoms with Crippen molar-refractivity contribution < 1.29 is 4.74 Å². The van der Waals surface area contributed by atoms with E-state index >= 15 is 0 Å². The standard InChI is InChI=1S/C14H11ClN2OS/c15-13-10-6-19-7-11(10)16-14(17-13)9-5-18-12-4-2-1-3-8(9)12/h1-4,9H,5-7H2. The summed E-state index contributed by atoms with van der Waals surface area (Å²) in [5, 5.41) is 0.606. The van der Waals surface area contributed by atoms with Crippen LogP contribution in [-0.2, 0) is 11.5 Å². The minimum atomic E-state index is 0.101. The largest absolute Gasteiger partial charge is 0.492 e. The van der Waals surface area contributed by atoms with Gasteiger partial charge in [-0.3, -0.25) is 0 Å². The second-order valence-corrected chi connectivity index (χ2v) is 6.04. The van der Waals surface area contributed by atoms with Crippen LogP contribution in [0.2, 0.25) is 5.15 Å². The first-order valence-corrected chi connectivity index (χ1v) is 7.71. The number of fused-ring (bicyclic) bond motifs is 2.